The molecule has 8 heteroatoms. The molecule has 1 saturated heterocycles. The van der Waals surface area contributed by atoms with E-state index in [1.807, 2.05) is 0 Å². The SMILES string of the molecule is COc1ccc(CO[C@@H]2O[C@H](CO)[C@@H](O)[C@H](O)[C@H]2O)cc1O. The lowest BCUT2D eigenvalue weighted by atomic mass is 9.99. The molecular formula is C14H20O8. The van der Waals surface area contributed by atoms with E-state index in [1.54, 1.807) is 12.1 Å². The number of hydrogen-bond donors (Lipinski definition) is 5. The summed E-state index contributed by atoms with van der Waals surface area (Å²) in [5, 5.41) is 47.9. The largest absolute Gasteiger partial charge is 0.504 e. The molecule has 0 aromatic heterocycles. The summed E-state index contributed by atoms with van der Waals surface area (Å²) in [5.74, 6) is 0.258. The first-order valence-corrected chi connectivity index (χ1v) is 6.76. The van der Waals surface area contributed by atoms with Gasteiger partial charge < -0.3 is 39.7 Å². The van der Waals surface area contributed by atoms with Gasteiger partial charge in [-0.1, -0.05) is 6.07 Å². The molecule has 1 heterocycles. The Balaban J connectivity index is 1.99. The van der Waals surface area contributed by atoms with E-state index in [9.17, 15) is 20.4 Å². The highest BCUT2D eigenvalue weighted by molar-refractivity contribution is 5.41. The second kappa shape index (κ2) is 7.23. The summed E-state index contributed by atoms with van der Waals surface area (Å²) >= 11 is 0. The van der Waals surface area contributed by atoms with Gasteiger partial charge in [-0.2, -0.15) is 0 Å². The first-order valence-electron chi connectivity index (χ1n) is 6.76. The maximum Gasteiger partial charge on any atom is 0.187 e. The standard InChI is InChI=1S/C14H20O8/c1-20-9-3-2-7(4-8(9)16)6-21-14-13(19)12(18)11(17)10(5-15)22-14/h2-4,10-19H,5-6H2,1H3/t10-,11-,12+,13-,14-/m1/s1. The fourth-order valence-electron chi connectivity index (χ4n) is 2.21. The molecule has 1 fully saturated rings. The number of hydrogen-bond acceptors (Lipinski definition) is 8. The van der Waals surface area contributed by atoms with Crippen molar-refractivity contribution < 1.29 is 39.7 Å². The minimum atomic E-state index is -1.49. The molecular weight excluding hydrogens is 296 g/mol. The van der Waals surface area contributed by atoms with Gasteiger partial charge in [-0.3, -0.25) is 0 Å². The van der Waals surface area contributed by atoms with Crippen molar-refractivity contribution in [2.24, 2.45) is 0 Å². The molecule has 0 amide bonds. The van der Waals surface area contributed by atoms with Crippen LogP contribution >= 0.6 is 0 Å². The zero-order valence-electron chi connectivity index (χ0n) is 12.0. The van der Waals surface area contributed by atoms with Crippen LogP contribution in [0.2, 0.25) is 0 Å². The smallest absolute Gasteiger partial charge is 0.187 e. The van der Waals surface area contributed by atoms with Gasteiger partial charge in [-0.25, -0.2) is 0 Å². The Labute approximate surface area is 127 Å². The molecule has 0 aliphatic carbocycles. The van der Waals surface area contributed by atoms with Crippen LogP contribution < -0.4 is 4.74 Å². The van der Waals surface area contributed by atoms with Crippen LogP contribution in [0.3, 0.4) is 0 Å². The Hall–Kier alpha value is -1.42. The van der Waals surface area contributed by atoms with Gasteiger partial charge in [0.05, 0.1) is 20.3 Å². The van der Waals surface area contributed by atoms with Crippen molar-refractivity contribution in [3.8, 4) is 11.5 Å². The topological polar surface area (TPSA) is 129 Å². The molecule has 5 N–H and O–H groups in total. The van der Waals surface area contributed by atoms with E-state index in [2.05, 4.69) is 0 Å². The van der Waals surface area contributed by atoms with Gasteiger partial charge in [0.25, 0.3) is 0 Å². The molecule has 0 saturated carbocycles. The fraction of sp³-hybridized carbons (Fsp3) is 0.571. The second-order valence-corrected chi connectivity index (χ2v) is 5.01. The molecule has 1 aliphatic rings. The summed E-state index contributed by atoms with van der Waals surface area (Å²) in [7, 11) is 1.43. The molecule has 1 aliphatic heterocycles. The Bertz CT molecular complexity index is 492. The van der Waals surface area contributed by atoms with Crippen molar-refractivity contribution in [1.29, 1.82) is 0 Å². The van der Waals surface area contributed by atoms with Gasteiger partial charge >= 0.3 is 0 Å². The van der Waals surface area contributed by atoms with Gasteiger partial charge in [-0.15, -0.1) is 0 Å². The highest BCUT2D eigenvalue weighted by Gasteiger charge is 2.43. The van der Waals surface area contributed by atoms with Gasteiger partial charge in [0.2, 0.25) is 0 Å². The lowest BCUT2D eigenvalue weighted by Crippen LogP contribution is -2.59. The number of phenols is 1. The molecule has 0 unspecified atom stereocenters. The zero-order valence-corrected chi connectivity index (χ0v) is 12.0. The number of rotatable bonds is 5. The highest BCUT2D eigenvalue weighted by atomic mass is 16.7. The molecule has 22 heavy (non-hydrogen) atoms. The maximum absolute atomic E-state index is 9.82. The summed E-state index contributed by atoms with van der Waals surface area (Å²) in [5.41, 5.74) is 0.593. The number of benzene rings is 1. The van der Waals surface area contributed by atoms with E-state index in [0.717, 1.165) is 0 Å². The first-order chi connectivity index (χ1) is 10.5. The van der Waals surface area contributed by atoms with Crippen LogP contribution in [0, 0.1) is 0 Å². The molecule has 2 rings (SSSR count). The zero-order chi connectivity index (χ0) is 16.3. The van der Waals surface area contributed by atoms with Crippen molar-refractivity contribution in [3.05, 3.63) is 23.8 Å². The normalized spacial score (nSPS) is 32.0. The van der Waals surface area contributed by atoms with Crippen LogP contribution in [0.1, 0.15) is 5.56 Å². The molecule has 5 atom stereocenters. The monoisotopic (exact) mass is 316 g/mol. The fourth-order valence-corrected chi connectivity index (χ4v) is 2.21. The van der Waals surface area contributed by atoms with Crippen LogP contribution in [-0.2, 0) is 16.1 Å². The minimum Gasteiger partial charge on any atom is -0.504 e. The predicted molar refractivity (Wildman–Crippen MR) is 73.2 cm³/mol. The Morgan fingerprint density at radius 1 is 1.14 bits per heavy atom. The number of aromatic hydroxyl groups is 1. The molecule has 124 valence electrons. The first kappa shape index (κ1) is 16.9. The van der Waals surface area contributed by atoms with E-state index >= 15 is 0 Å². The van der Waals surface area contributed by atoms with Crippen LogP contribution in [0.4, 0.5) is 0 Å². The average Bonchev–Trinajstić information content (AvgIpc) is 2.52. The van der Waals surface area contributed by atoms with Crippen molar-refractivity contribution in [2.75, 3.05) is 13.7 Å². The summed E-state index contributed by atoms with van der Waals surface area (Å²) in [6.07, 6.45) is -6.60. The predicted octanol–water partition coefficient (Wildman–Crippen LogP) is -1.28. The van der Waals surface area contributed by atoms with Crippen molar-refractivity contribution >= 4 is 0 Å². The van der Waals surface area contributed by atoms with Crippen LogP contribution in [-0.4, -0.2) is 70.0 Å². The van der Waals surface area contributed by atoms with E-state index in [4.69, 9.17) is 19.3 Å². The summed E-state index contributed by atoms with van der Waals surface area (Å²) in [4.78, 5) is 0. The summed E-state index contributed by atoms with van der Waals surface area (Å²) in [6.45, 7) is -0.533. The molecule has 0 spiro atoms. The van der Waals surface area contributed by atoms with Crippen molar-refractivity contribution in [1.82, 2.24) is 0 Å². The molecule has 0 bridgehead atoms. The van der Waals surface area contributed by atoms with Gasteiger partial charge in [0, 0.05) is 0 Å². The Morgan fingerprint density at radius 3 is 2.45 bits per heavy atom. The third-order valence-corrected chi connectivity index (χ3v) is 3.51. The van der Waals surface area contributed by atoms with Crippen LogP contribution in [0.5, 0.6) is 11.5 Å². The molecule has 0 radical (unpaired) electrons. The average molecular weight is 316 g/mol. The minimum absolute atomic E-state index is 0.0136. The van der Waals surface area contributed by atoms with Gasteiger partial charge in [0.15, 0.2) is 17.8 Å². The number of aliphatic hydroxyl groups is 4. The highest BCUT2D eigenvalue weighted by Crippen LogP contribution is 2.27. The van der Waals surface area contributed by atoms with Gasteiger partial charge in [0.1, 0.15) is 24.4 Å². The van der Waals surface area contributed by atoms with Crippen molar-refractivity contribution in [2.45, 2.75) is 37.3 Å². The van der Waals surface area contributed by atoms with E-state index in [0.29, 0.717) is 11.3 Å². The van der Waals surface area contributed by atoms with Crippen molar-refractivity contribution in [3.63, 3.8) is 0 Å². The van der Waals surface area contributed by atoms with E-state index in [-0.39, 0.29) is 12.4 Å². The van der Waals surface area contributed by atoms with Gasteiger partial charge in [-0.05, 0) is 17.7 Å². The van der Waals surface area contributed by atoms with E-state index in [1.165, 1.54) is 13.2 Å². The Morgan fingerprint density at radius 2 is 1.86 bits per heavy atom. The summed E-state index contributed by atoms with van der Waals surface area (Å²) < 4.78 is 15.5. The van der Waals surface area contributed by atoms with Crippen LogP contribution in [0.25, 0.3) is 0 Å². The third-order valence-electron chi connectivity index (χ3n) is 3.51. The van der Waals surface area contributed by atoms with Crippen LogP contribution in [0.15, 0.2) is 18.2 Å². The quantitative estimate of drug-likeness (QED) is 0.454. The molecule has 1 aromatic carbocycles. The Kier molecular flexibility index (Phi) is 5.57. The second-order valence-electron chi connectivity index (χ2n) is 5.01. The number of phenolic OH excluding ortho intramolecular Hbond substituents is 1. The third kappa shape index (κ3) is 3.49. The molecule has 1 aromatic rings. The van der Waals surface area contributed by atoms with E-state index < -0.39 is 37.3 Å². The molecule has 8 nitrogen and oxygen atoms in total. The maximum atomic E-state index is 9.82. The number of aliphatic hydroxyl groups excluding tert-OH is 4. The number of methoxy groups -OCH3 is 1. The lowest BCUT2D eigenvalue weighted by molar-refractivity contribution is -0.304. The number of ether oxygens (including phenoxy) is 3. The summed E-state index contributed by atoms with van der Waals surface area (Å²) in [6, 6.07) is 4.65. The lowest BCUT2D eigenvalue weighted by Gasteiger charge is -2.39.